The number of carbonyl (C=O) groups is 2. The number of amides is 1. The zero-order chi connectivity index (χ0) is 24.4. The molecule has 1 atom stereocenters. The number of nitro benzene ring substituents is 1. The SMILES string of the molecule is CCCCOC(=O)c1ccc(NC(=O)[C@H](CC#N)NS(=O)(=O)c2ccc([N+](=O)[O-])cc2)cc1. The highest BCUT2D eigenvalue weighted by Crippen LogP contribution is 2.17. The van der Waals surface area contributed by atoms with Gasteiger partial charge < -0.3 is 10.1 Å². The lowest BCUT2D eigenvalue weighted by molar-refractivity contribution is -0.384. The molecule has 0 aromatic heterocycles. The van der Waals surface area contributed by atoms with E-state index in [-0.39, 0.29) is 21.8 Å². The first-order valence-corrected chi connectivity index (χ1v) is 11.4. The minimum atomic E-state index is -4.24. The van der Waals surface area contributed by atoms with Crippen LogP contribution in [0.1, 0.15) is 36.5 Å². The maximum atomic E-state index is 12.6. The average Bonchev–Trinajstić information content (AvgIpc) is 2.79. The molecule has 174 valence electrons. The number of sulfonamides is 1. The molecule has 0 saturated carbocycles. The zero-order valence-electron chi connectivity index (χ0n) is 17.7. The van der Waals surface area contributed by atoms with Crippen LogP contribution >= 0.6 is 0 Å². The lowest BCUT2D eigenvalue weighted by atomic mass is 10.2. The van der Waals surface area contributed by atoms with Crippen LogP contribution in [-0.4, -0.2) is 37.9 Å². The second-order valence-corrected chi connectivity index (χ2v) is 8.56. The summed E-state index contributed by atoms with van der Waals surface area (Å²) in [7, 11) is -4.24. The number of nitrogens with one attached hydrogen (secondary N) is 2. The smallest absolute Gasteiger partial charge is 0.338 e. The summed E-state index contributed by atoms with van der Waals surface area (Å²) in [4.78, 5) is 34.3. The van der Waals surface area contributed by atoms with E-state index in [2.05, 4.69) is 10.0 Å². The van der Waals surface area contributed by atoms with Crippen molar-refractivity contribution in [2.24, 2.45) is 0 Å². The molecule has 2 N–H and O–H groups in total. The third-order valence-corrected chi connectivity index (χ3v) is 5.87. The van der Waals surface area contributed by atoms with Crippen LogP contribution in [0.25, 0.3) is 0 Å². The van der Waals surface area contributed by atoms with E-state index < -0.39 is 39.3 Å². The molecule has 0 heterocycles. The van der Waals surface area contributed by atoms with Crippen LogP contribution in [0.4, 0.5) is 11.4 Å². The average molecular weight is 474 g/mol. The van der Waals surface area contributed by atoms with Crippen LogP contribution in [-0.2, 0) is 19.6 Å². The van der Waals surface area contributed by atoms with Gasteiger partial charge in [0.05, 0.1) is 34.5 Å². The normalized spacial score (nSPS) is 11.8. The van der Waals surface area contributed by atoms with Crippen molar-refractivity contribution in [3.63, 3.8) is 0 Å². The number of carbonyl (C=O) groups excluding carboxylic acids is 2. The van der Waals surface area contributed by atoms with Crippen molar-refractivity contribution in [2.45, 2.75) is 37.1 Å². The minimum absolute atomic E-state index is 0.280. The molecule has 0 aliphatic carbocycles. The number of nitrogens with zero attached hydrogens (tertiary/aromatic N) is 2. The molecule has 33 heavy (non-hydrogen) atoms. The molecule has 12 heteroatoms. The van der Waals surface area contributed by atoms with E-state index in [4.69, 9.17) is 10.00 Å². The van der Waals surface area contributed by atoms with Gasteiger partial charge in [-0.05, 0) is 42.8 Å². The summed E-state index contributed by atoms with van der Waals surface area (Å²) >= 11 is 0. The fourth-order valence-electron chi connectivity index (χ4n) is 2.59. The molecule has 2 aromatic carbocycles. The van der Waals surface area contributed by atoms with Gasteiger partial charge in [0.2, 0.25) is 15.9 Å². The van der Waals surface area contributed by atoms with Crippen molar-refractivity contribution in [3.8, 4) is 6.07 Å². The number of hydrogen-bond donors (Lipinski definition) is 2. The molecule has 2 rings (SSSR count). The lowest BCUT2D eigenvalue weighted by Crippen LogP contribution is -2.43. The maximum Gasteiger partial charge on any atom is 0.338 e. The molecular formula is C21H22N4O7S. The maximum absolute atomic E-state index is 12.6. The number of rotatable bonds is 11. The molecule has 0 radical (unpaired) electrons. The van der Waals surface area contributed by atoms with Gasteiger partial charge in [-0.2, -0.15) is 9.98 Å². The van der Waals surface area contributed by atoms with E-state index in [0.717, 1.165) is 37.1 Å². The highest BCUT2D eigenvalue weighted by molar-refractivity contribution is 7.89. The van der Waals surface area contributed by atoms with Crippen molar-refractivity contribution < 1.29 is 27.7 Å². The van der Waals surface area contributed by atoms with E-state index in [0.29, 0.717) is 6.61 Å². The van der Waals surface area contributed by atoms with Crippen molar-refractivity contribution in [3.05, 3.63) is 64.2 Å². The predicted molar refractivity (Wildman–Crippen MR) is 118 cm³/mol. The van der Waals surface area contributed by atoms with Crippen LogP contribution in [0.5, 0.6) is 0 Å². The molecular weight excluding hydrogens is 452 g/mol. The van der Waals surface area contributed by atoms with Crippen molar-refractivity contribution in [1.82, 2.24) is 4.72 Å². The number of benzene rings is 2. The van der Waals surface area contributed by atoms with Gasteiger partial charge in [-0.15, -0.1) is 0 Å². The summed E-state index contributed by atoms with van der Waals surface area (Å²) in [6, 6.07) is 10.2. The van der Waals surface area contributed by atoms with E-state index >= 15 is 0 Å². The van der Waals surface area contributed by atoms with Crippen LogP contribution in [0.2, 0.25) is 0 Å². The number of anilines is 1. The summed E-state index contributed by atoms with van der Waals surface area (Å²) in [6.45, 7) is 2.27. The Bertz CT molecular complexity index is 1140. The van der Waals surface area contributed by atoms with Crippen LogP contribution in [0, 0.1) is 21.4 Å². The fraction of sp³-hybridized carbons (Fsp3) is 0.286. The van der Waals surface area contributed by atoms with Gasteiger partial charge in [0.25, 0.3) is 5.69 Å². The Kier molecular flexibility index (Phi) is 9.02. The number of ether oxygens (including phenoxy) is 1. The Hall–Kier alpha value is -3.82. The topological polar surface area (TPSA) is 168 Å². The third-order valence-electron chi connectivity index (χ3n) is 4.39. The van der Waals surface area contributed by atoms with E-state index in [1.54, 1.807) is 6.07 Å². The van der Waals surface area contributed by atoms with Gasteiger partial charge in [0.1, 0.15) is 6.04 Å². The quantitative estimate of drug-likeness (QED) is 0.217. The molecule has 0 aliphatic rings. The van der Waals surface area contributed by atoms with Crippen LogP contribution in [0.3, 0.4) is 0 Å². The minimum Gasteiger partial charge on any atom is -0.462 e. The summed E-state index contributed by atoms with van der Waals surface area (Å²) in [6.07, 6.45) is 1.17. The highest BCUT2D eigenvalue weighted by atomic mass is 32.2. The van der Waals surface area contributed by atoms with E-state index in [9.17, 15) is 28.1 Å². The standard InChI is InChI=1S/C21H22N4O7S/c1-2-3-14-32-21(27)15-4-6-16(7-5-15)23-20(26)19(12-13-22)24-33(30,31)18-10-8-17(9-11-18)25(28)29/h4-11,19,24H,2-3,12,14H2,1H3,(H,23,26)/t19-/m0/s1. The Morgan fingerprint density at radius 3 is 2.33 bits per heavy atom. The third kappa shape index (κ3) is 7.37. The van der Waals surface area contributed by atoms with Gasteiger partial charge in [0, 0.05) is 17.8 Å². The lowest BCUT2D eigenvalue weighted by Gasteiger charge is -2.16. The zero-order valence-corrected chi connectivity index (χ0v) is 18.5. The number of hydrogen-bond acceptors (Lipinski definition) is 8. The first-order valence-electron chi connectivity index (χ1n) is 9.89. The monoisotopic (exact) mass is 474 g/mol. The first-order chi connectivity index (χ1) is 15.7. The molecule has 11 nitrogen and oxygen atoms in total. The van der Waals surface area contributed by atoms with Gasteiger partial charge in [-0.1, -0.05) is 13.3 Å². The van der Waals surface area contributed by atoms with Gasteiger partial charge in [0.15, 0.2) is 0 Å². The molecule has 2 aromatic rings. The number of unbranched alkanes of at least 4 members (excludes halogenated alkanes) is 1. The Morgan fingerprint density at radius 1 is 1.15 bits per heavy atom. The second-order valence-electron chi connectivity index (χ2n) is 6.84. The summed E-state index contributed by atoms with van der Waals surface area (Å²) in [5.74, 6) is -1.29. The van der Waals surface area contributed by atoms with E-state index in [1.165, 1.54) is 24.3 Å². The van der Waals surface area contributed by atoms with Gasteiger partial charge in [-0.25, -0.2) is 13.2 Å². The summed E-state index contributed by atoms with van der Waals surface area (Å²) < 4.78 is 32.4. The highest BCUT2D eigenvalue weighted by Gasteiger charge is 2.26. The first kappa shape index (κ1) is 25.4. The number of nitriles is 1. The fourth-order valence-corrected chi connectivity index (χ4v) is 3.79. The van der Waals surface area contributed by atoms with Crippen molar-refractivity contribution in [2.75, 3.05) is 11.9 Å². The molecule has 0 fully saturated rings. The van der Waals surface area contributed by atoms with Crippen molar-refractivity contribution in [1.29, 1.82) is 5.26 Å². The Morgan fingerprint density at radius 2 is 1.79 bits per heavy atom. The molecule has 0 bridgehead atoms. The molecule has 0 aliphatic heterocycles. The summed E-state index contributed by atoms with van der Waals surface area (Å²) in [5.41, 5.74) is 0.275. The largest absolute Gasteiger partial charge is 0.462 e. The second kappa shape index (κ2) is 11.7. The molecule has 0 spiro atoms. The van der Waals surface area contributed by atoms with Gasteiger partial charge in [-0.3, -0.25) is 14.9 Å². The van der Waals surface area contributed by atoms with Crippen LogP contribution in [0.15, 0.2) is 53.4 Å². The molecule has 0 saturated heterocycles. The number of nitro groups is 1. The molecule has 0 unspecified atom stereocenters. The molecule has 1 amide bonds. The van der Waals surface area contributed by atoms with E-state index in [1.807, 2.05) is 6.92 Å². The van der Waals surface area contributed by atoms with Crippen LogP contribution < -0.4 is 10.0 Å². The Labute approximate surface area is 190 Å². The number of esters is 1. The number of non-ortho nitro benzene ring substituents is 1. The Balaban J connectivity index is 2.08. The summed E-state index contributed by atoms with van der Waals surface area (Å²) in [5, 5.41) is 22.2. The predicted octanol–water partition coefficient (Wildman–Crippen LogP) is 2.75. The van der Waals surface area contributed by atoms with Crippen molar-refractivity contribution >= 4 is 33.3 Å². The van der Waals surface area contributed by atoms with Gasteiger partial charge >= 0.3 is 5.97 Å².